The summed E-state index contributed by atoms with van der Waals surface area (Å²) < 4.78 is 5.53. The molecule has 1 saturated carbocycles. The van der Waals surface area contributed by atoms with E-state index in [1.807, 2.05) is 4.90 Å². The minimum Gasteiger partial charge on any atom is -0.378 e. The summed E-state index contributed by atoms with van der Waals surface area (Å²) in [5, 5.41) is 0. The molecule has 0 aromatic carbocycles. The molecule has 1 aliphatic heterocycles. The van der Waals surface area contributed by atoms with Gasteiger partial charge in [-0.3, -0.25) is 4.79 Å². The highest BCUT2D eigenvalue weighted by Gasteiger charge is 2.28. The second-order valence-electron chi connectivity index (χ2n) is 5.05. The van der Waals surface area contributed by atoms with Crippen molar-refractivity contribution in [1.82, 2.24) is 4.90 Å². The van der Waals surface area contributed by atoms with Gasteiger partial charge < -0.3 is 9.64 Å². The van der Waals surface area contributed by atoms with Crippen LogP contribution in [0, 0.1) is 0 Å². The van der Waals surface area contributed by atoms with Gasteiger partial charge in [0.25, 0.3) is 0 Å². The van der Waals surface area contributed by atoms with E-state index >= 15 is 0 Å². The van der Waals surface area contributed by atoms with Gasteiger partial charge in [-0.05, 0) is 25.7 Å². The molecular weight excluding hydrogens is 238 g/mol. The zero-order valence-electron chi connectivity index (χ0n) is 10.4. The van der Waals surface area contributed by atoms with Crippen LogP contribution in [0.2, 0.25) is 0 Å². The summed E-state index contributed by atoms with van der Waals surface area (Å²) in [6, 6.07) is 0.433. The van der Waals surface area contributed by atoms with E-state index in [0.717, 1.165) is 32.3 Å². The lowest BCUT2D eigenvalue weighted by atomic mass is 10.1. The van der Waals surface area contributed by atoms with Gasteiger partial charge in [-0.25, -0.2) is 0 Å². The Bertz CT molecular complexity index is 248. The molecule has 1 atom stereocenters. The Morgan fingerprint density at radius 1 is 1.24 bits per heavy atom. The lowest BCUT2D eigenvalue weighted by Crippen LogP contribution is -2.41. The first-order valence-electron chi connectivity index (χ1n) is 6.78. The first kappa shape index (κ1) is 13.2. The fourth-order valence-corrected chi connectivity index (χ4v) is 3.12. The van der Waals surface area contributed by atoms with Gasteiger partial charge in [-0.1, -0.05) is 12.8 Å². The van der Waals surface area contributed by atoms with Gasteiger partial charge in [-0.15, -0.1) is 11.6 Å². The summed E-state index contributed by atoms with van der Waals surface area (Å²) >= 11 is 5.81. The Morgan fingerprint density at radius 3 is 2.59 bits per heavy atom. The predicted molar refractivity (Wildman–Crippen MR) is 68.3 cm³/mol. The molecule has 1 heterocycles. The average Bonchev–Trinajstić information content (AvgIpc) is 2.97. The van der Waals surface area contributed by atoms with Gasteiger partial charge in [0.05, 0.1) is 12.5 Å². The van der Waals surface area contributed by atoms with Crippen molar-refractivity contribution in [3.8, 4) is 0 Å². The van der Waals surface area contributed by atoms with E-state index in [4.69, 9.17) is 16.3 Å². The highest BCUT2D eigenvalue weighted by atomic mass is 35.5. The highest BCUT2D eigenvalue weighted by Crippen LogP contribution is 2.25. The number of carbonyl (C=O) groups is 1. The predicted octanol–water partition coefficient (Wildman–Crippen LogP) is 2.57. The van der Waals surface area contributed by atoms with Crippen LogP contribution in [0.1, 0.15) is 44.9 Å². The third kappa shape index (κ3) is 3.59. The molecule has 2 rings (SSSR count). The topological polar surface area (TPSA) is 29.5 Å². The maximum atomic E-state index is 12.3. The second kappa shape index (κ2) is 6.60. The van der Waals surface area contributed by atoms with Crippen LogP contribution in [0.25, 0.3) is 0 Å². The van der Waals surface area contributed by atoms with Gasteiger partial charge >= 0.3 is 0 Å². The third-order valence-electron chi connectivity index (χ3n) is 3.84. The normalized spacial score (nSPS) is 25.4. The molecule has 0 bridgehead atoms. The summed E-state index contributed by atoms with van der Waals surface area (Å²) in [6.45, 7) is 1.51. The van der Waals surface area contributed by atoms with Crippen molar-refractivity contribution in [3.63, 3.8) is 0 Å². The molecule has 2 fully saturated rings. The van der Waals surface area contributed by atoms with E-state index in [-0.39, 0.29) is 12.0 Å². The number of nitrogens with zero attached hydrogens (tertiary/aromatic N) is 1. The lowest BCUT2D eigenvalue weighted by molar-refractivity contribution is -0.135. The minimum absolute atomic E-state index is 0.154. The number of halogens is 1. The molecular formula is C13H22ClNO2. The minimum atomic E-state index is 0.154. The van der Waals surface area contributed by atoms with Crippen molar-refractivity contribution < 1.29 is 9.53 Å². The standard InChI is InChI=1S/C13H22ClNO2/c14-7-8-15(11-4-1-2-5-11)13(16)10-12-6-3-9-17-12/h11-12H,1-10H2. The first-order valence-corrected chi connectivity index (χ1v) is 7.31. The number of alkyl halides is 1. The second-order valence-corrected chi connectivity index (χ2v) is 5.43. The fraction of sp³-hybridized carbons (Fsp3) is 0.923. The van der Waals surface area contributed by atoms with Crippen LogP contribution in [-0.2, 0) is 9.53 Å². The van der Waals surface area contributed by atoms with Crippen molar-refractivity contribution in [1.29, 1.82) is 0 Å². The molecule has 1 unspecified atom stereocenters. The number of rotatable bonds is 5. The number of ether oxygens (including phenoxy) is 1. The van der Waals surface area contributed by atoms with Crippen LogP contribution in [0.3, 0.4) is 0 Å². The monoisotopic (exact) mass is 259 g/mol. The molecule has 2 aliphatic rings. The van der Waals surface area contributed by atoms with E-state index in [1.54, 1.807) is 0 Å². The number of hydrogen-bond donors (Lipinski definition) is 0. The highest BCUT2D eigenvalue weighted by molar-refractivity contribution is 6.18. The molecule has 17 heavy (non-hydrogen) atoms. The molecule has 98 valence electrons. The van der Waals surface area contributed by atoms with Crippen molar-refractivity contribution in [2.45, 2.75) is 57.1 Å². The van der Waals surface area contributed by atoms with E-state index < -0.39 is 0 Å². The van der Waals surface area contributed by atoms with Gasteiger partial charge in [0, 0.05) is 25.1 Å². The van der Waals surface area contributed by atoms with E-state index in [0.29, 0.717) is 24.9 Å². The van der Waals surface area contributed by atoms with Crippen LogP contribution >= 0.6 is 11.6 Å². The van der Waals surface area contributed by atoms with Crippen molar-refractivity contribution in [2.24, 2.45) is 0 Å². The van der Waals surface area contributed by atoms with Crippen molar-refractivity contribution in [3.05, 3.63) is 0 Å². The Kier molecular flexibility index (Phi) is 5.11. The fourth-order valence-electron chi connectivity index (χ4n) is 2.94. The zero-order valence-corrected chi connectivity index (χ0v) is 11.1. The maximum absolute atomic E-state index is 12.3. The van der Waals surface area contributed by atoms with E-state index in [9.17, 15) is 4.79 Å². The Labute approximate surface area is 108 Å². The summed E-state index contributed by atoms with van der Waals surface area (Å²) in [5.41, 5.74) is 0. The molecule has 0 N–H and O–H groups in total. The van der Waals surface area contributed by atoms with Gasteiger partial charge in [0.15, 0.2) is 0 Å². The molecule has 0 radical (unpaired) electrons. The van der Waals surface area contributed by atoms with E-state index in [1.165, 1.54) is 12.8 Å². The van der Waals surface area contributed by atoms with Crippen molar-refractivity contribution in [2.75, 3.05) is 19.0 Å². The molecule has 3 nitrogen and oxygen atoms in total. The van der Waals surface area contributed by atoms with Crippen LogP contribution in [0.5, 0.6) is 0 Å². The molecule has 0 aromatic heterocycles. The largest absolute Gasteiger partial charge is 0.378 e. The Morgan fingerprint density at radius 2 is 2.00 bits per heavy atom. The molecule has 0 aromatic rings. The van der Waals surface area contributed by atoms with Crippen molar-refractivity contribution >= 4 is 17.5 Å². The van der Waals surface area contributed by atoms with Crippen LogP contribution in [0.15, 0.2) is 0 Å². The summed E-state index contributed by atoms with van der Waals surface area (Å²) in [6.07, 6.45) is 7.62. The smallest absolute Gasteiger partial charge is 0.225 e. The lowest BCUT2D eigenvalue weighted by Gasteiger charge is -2.29. The summed E-state index contributed by atoms with van der Waals surface area (Å²) in [4.78, 5) is 14.3. The molecule has 4 heteroatoms. The third-order valence-corrected chi connectivity index (χ3v) is 4.01. The summed E-state index contributed by atoms with van der Waals surface area (Å²) in [7, 11) is 0. The first-order chi connectivity index (χ1) is 8.31. The number of carbonyl (C=O) groups excluding carboxylic acids is 1. The van der Waals surface area contributed by atoms with Gasteiger partial charge in [-0.2, -0.15) is 0 Å². The molecule has 1 amide bonds. The summed E-state index contributed by atoms with van der Waals surface area (Å²) in [5.74, 6) is 0.776. The molecule has 1 saturated heterocycles. The number of amides is 1. The van der Waals surface area contributed by atoms with Crippen LogP contribution < -0.4 is 0 Å². The Balaban J connectivity index is 1.86. The van der Waals surface area contributed by atoms with Crippen LogP contribution in [-0.4, -0.2) is 42.0 Å². The van der Waals surface area contributed by atoms with E-state index in [2.05, 4.69) is 0 Å². The quantitative estimate of drug-likeness (QED) is 0.711. The zero-order chi connectivity index (χ0) is 12.1. The average molecular weight is 260 g/mol. The maximum Gasteiger partial charge on any atom is 0.225 e. The number of hydrogen-bond acceptors (Lipinski definition) is 2. The van der Waals surface area contributed by atoms with Crippen LogP contribution in [0.4, 0.5) is 0 Å². The SMILES string of the molecule is O=C(CC1CCCO1)N(CCCl)C1CCCC1. The Hall–Kier alpha value is -0.280. The molecule has 0 spiro atoms. The van der Waals surface area contributed by atoms with Gasteiger partial charge in [0.2, 0.25) is 5.91 Å². The van der Waals surface area contributed by atoms with Gasteiger partial charge in [0.1, 0.15) is 0 Å². The molecule has 1 aliphatic carbocycles.